The first-order chi connectivity index (χ1) is 12.6. The highest BCUT2D eigenvalue weighted by Crippen LogP contribution is 2.21. The lowest BCUT2D eigenvalue weighted by atomic mass is 10.3. The Hall–Kier alpha value is -2.19. The Morgan fingerprint density at radius 1 is 1.42 bits per heavy atom. The van der Waals surface area contributed by atoms with Crippen LogP contribution in [-0.4, -0.2) is 48.6 Å². The molecule has 142 valence electrons. The van der Waals surface area contributed by atoms with Crippen molar-refractivity contribution in [2.75, 3.05) is 27.8 Å². The largest absolute Gasteiger partial charge is 0.481 e. The average Bonchev–Trinajstić information content (AvgIpc) is 3.13. The van der Waals surface area contributed by atoms with Crippen LogP contribution in [0.3, 0.4) is 0 Å². The molecule has 8 heteroatoms. The van der Waals surface area contributed by atoms with Gasteiger partial charge in [-0.25, -0.2) is 15.0 Å². The fraction of sp³-hybridized carbons (Fsp3) is 0.500. The minimum atomic E-state index is 0.0163. The Morgan fingerprint density at radius 3 is 2.92 bits per heavy atom. The number of aliphatic imine (C=N–C) groups is 1. The molecule has 0 bridgehead atoms. The number of rotatable bonds is 8. The zero-order valence-electron chi connectivity index (χ0n) is 16.0. The van der Waals surface area contributed by atoms with Gasteiger partial charge in [0.25, 0.3) is 0 Å². The third-order valence-electron chi connectivity index (χ3n) is 3.79. The van der Waals surface area contributed by atoms with Crippen molar-refractivity contribution in [3.63, 3.8) is 0 Å². The first-order valence-corrected chi connectivity index (χ1v) is 9.40. The standard InChI is InChI=1S/C18H27N5O2S/c1-6-19-18(21-10-14-7-8-20-16(9-14)25-5)23(3)11-15-12-26-17(22-15)13(2)24-4/h7-9,12-13H,6,10-11H2,1-5H3,(H,19,21). The van der Waals surface area contributed by atoms with Crippen LogP contribution in [0.25, 0.3) is 0 Å². The van der Waals surface area contributed by atoms with E-state index >= 15 is 0 Å². The zero-order chi connectivity index (χ0) is 18.9. The van der Waals surface area contributed by atoms with Crippen LogP contribution in [0.5, 0.6) is 5.88 Å². The second-order valence-electron chi connectivity index (χ2n) is 5.79. The molecule has 1 atom stereocenters. The third-order valence-corrected chi connectivity index (χ3v) is 4.84. The Bertz CT molecular complexity index is 719. The second kappa shape index (κ2) is 10.1. The van der Waals surface area contributed by atoms with Gasteiger partial charge in [-0.15, -0.1) is 11.3 Å². The van der Waals surface area contributed by atoms with Crippen LogP contribution in [0.2, 0.25) is 0 Å². The molecule has 7 nitrogen and oxygen atoms in total. The quantitative estimate of drug-likeness (QED) is 0.563. The van der Waals surface area contributed by atoms with E-state index in [1.165, 1.54) is 0 Å². The smallest absolute Gasteiger partial charge is 0.213 e. The molecule has 1 unspecified atom stereocenters. The Morgan fingerprint density at radius 2 is 2.23 bits per heavy atom. The first-order valence-electron chi connectivity index (χ1n) is 8.52. The van der Waals surface area contributed by atoms with Crippen LogP contribution in [0.1, 0.15) is 36.2 Å². The number of guanidine groups is 1. The fourth-order valence-electron chi connectivity index (χ4n) is 2.30. The maximum atomic E-state index is 5.33. The zero-order valence-corrected chi connectivity index (χ0v) is 16.8. The van der Waals surface area contributed by atoms with Gasteiger partial charge in [-0.2, -0.15) is 0 Å². The number of hydrogen-bond donors (Lipinski definition) is 1. The predicted octanol–water partition coefficient (Wildman–Crippen LogP) is 2.85. The number of thiazole rings is 1. The van der Waals surface area contributed by atoms with E-state index in [-0.39, 0.29) is 6.10 Å². The molecule has 2 heterocycles. The number of nitrogens with one attached hydrogen (secondary N) is 1. The van der Waals surface area contributed by atoms with E-state index in [1.54, 1.807) is 31.8 Å². The summed E-state index contributed by atoms with van der Waals surface area (Å²) in [6, 6.07) is 3.83. The summed E-state index contributed by atoms with van der Waals surface area (Å²) in [5.41, 5.74) is 2.05. The van der Waals surface area contributed by atoms with Crippen LogP contribution in [-0.2, 0) is 17.8 Å². The normalized spacial score (nSPS) is 12.7. The lowest BCUT2D eigenvalue weighted by molar-refractivity contribution is 0.119. The molecule has 2 aromatic heterocycles. The van der Waals surface area contributed by atoms with E-state index in [2.05, 4.69) is 32.5 Å². The van der Waals surface area contributed by atoms with E-state index in [0.717, 1.165) is 28.8 Å². The van der Waals surface area contributed by atoms with Gasteiger partial charge in [0, 0.05) is 38.3 Å². The first kappa shape index (κ1) is 20.1. The van der Waals surface area contributed by atoms with Crippen molar-refractivity contribution >= 4 is 17.3 Å². The molecular weight excluding hydrogens is 350 g/mol. The maximum absolute atomic E-state index is 5.33. The number of pyridine rings is 1. The van der Waals surface area contributed by atoms with Crippen LogP contribution in [0.15, 0.2) is 28.7 Å². The molecule has 0 amide bonds. The van der Waals surface area contributed by atoms with Gasteiger partial charge in [-0.3, -0.25) is 0 Å². The average molecular weight is 378 g/mol. The molecule has 0 spiro atoms. The summed E-state index contributed by atoms with van der Waals surface area (Å²) < 4.78 is 10.5. The summed E-state index contributed by atoms with van der Waals surface area (Å²) in [6.07, 6.45) is 1.75. The molecule has 0 saturated carbocycles. The van der Waals surface area contributed by atoms with Crippen molar-refractivity contribution in [1.82, 2.24) is 20.2 Å². The van der Waals surface area contributed by atoms with Crippen LogP contribution < -0.4 is 10.1 Å². The van der Waals surface area contributed by atoms with Crippen molar-refractivity contribution < 1.29 is 9.47 Å². The summed E-state index contributed by atoms with van der Waals surface area (Å²) in [6.45, 7) is 6.08. The summed E-state index contributed by atoms with van der Waals surface area (Å²) >= 11 is 1.62. The lowest BCUT2D eigenvalue weighted by Crippen LogP contribution is -2.38. The molecule has 0 aromatic carbocycles. The van der Waals surface area contributed by atoms with E-state index < -0.39 is 0 Å². The summed E-state index contributed by atoms with van der Waals surface area (Å²) in [4.78, 5) is 15.6. The second-order valence-corrected chi connectivity index (χ2v) is 6.68. The number of ether oxygens (including phenoxy) is 2. The van der Waals surface area contributed by atoms with Crippen molar-refractivity contribution in [2.24, 2.45) is 4.99 Å². The molecule has 1 N–H and O–H groups in total. The van der Waals surface area contributed by atoms with Crippen LogP contribution in [0, 0.1) is 0 Å². The van der Waals surface area contributed by atoms with Crippen LogP contribution in [0.4, 0.5) is 0 Å². The minimum Gasteiger partial charge on any atom is -0.481 e. The number of aromatic nitrogens is 2. The molecular formula is C18H27N5O2S. The molecule has 0 fully saturated rings. The third kappa shape index (κ3) is 5.67. The van der Waals surface area contributed by atoms with Gasteiger partial charge in [0.2, 0.25) is 5.88 Å². The Kier molecular flexibility index (Phi) is 7.80. The topological polar surface area (TPSA) is 71.9 Å². The molecule has 0 radical (unpaired) electrons. The number of methoxy groups -OCH3 is 2. The van der Waals surface area contributed by atoms with E-state index in [9.17, 15) is 0 Å². The van der Waals surface area contributed by atoms with Crippen molar-refractivity contribution in [1.29, 1.82) is 0 Å². The van der Waals surface area contributed by atoms with E-state index in [0.29, 0.717) is 19.0 Å². The summed E-state index contributed by atoms with van der Waals surface area (Å²) in [7, 11) is 5.31. The molecule has 2 rings (SSSR count). The molecule has 0 aliphatic rings. The SMILES string of the molecule is CCNC(=NCc1ccnc(OC)c1)N(C)Cc1csc(C(C)OC)n1. The number of hydrogen-bond acceptors (Lipinski definition) is 6. The molecule has 0 saturated heterocycles. The predicted molar refractivity (Wildman–Crippen MR) is 105 cm³/mol. The summed E-state index contributed by atoms with van der Waals surface area (Å²) in [5, 5.41) is 6.38. The molecule has 0 aliphatic carbocycles. The van der Waals surface area contributed by atoms with E-state index in [4.69, 9.17) is 14.5 Å². The van der Waals surface area contributed by atoms with Gasteiger partial charge >= 0.3 is 0 Å². The monoisotopic (exact) mass is 377 g/mol. The van der Waals surface area contributed by atoms with Gasteiger partial charge in [-0.05, 0) is 25.5 Å². The molecule has 2 aromatic rings. The highest BCUT2D eigenvalue weighted by molar-refractivity contribution is 7.09. The molecule has 0 aliphatic heterocycles. The molecule has 26 heavy (non-hydrogen) atoms. The summed E-state index contributed by atoms with van der Waals surface area (Å²) in [5.74, 6) is 1.43. The highest BCUT2D eigenvalue weighted by Gasteiger charge is 2.12. The lowest BCUT2D eigenvalue weighted by Gasteiger charge is -2.21. The Labute approximate surface area is 159 Å². The van der Waals surface area contributed by atoms with Crippen molar-refractivity contribution in [2.45, 2.75) is 33.0 Å². The minimum absolute atomic E-state index is 0.0163. The van der Waals surface area contributed by atoms with E-state index in [1.807, 2.05) is 26.1 Å². The van der Waals surface area contributed by atoms with Gasteiger partial charge in [-0.1, -0.05) is 0 Å². The van der Waals surface area contributed by atoms with Crippen molar-refractivity contribution in [3.8, 4) is 5.88 Å². The van der Waals surface area contributed by atoms with Gasteiger partial charge in [0.05, 0.1) is 25.9 Å². The maximum Gasteiger partial charge on any atom is 0.213 e. The van der Waals surface area contributed by atoms with Gasteiger partial charge in [0.1, 0.15) is 11.1 Å². The van der Waals surface area contributed by atoms with Crippen LogP contribution >= 0.6 is 11.3 Å². The van der Waals surface area contributed by atoms with Gasteiger partial charge < -0.3 is 19.7 Å². The Balaban J connectivity index is 2.05. The fourth-order valence-corrected chi connectivity index (χ4v) is 3.14. The van der Waals surface area contributed by atoms with Crippen molar-refractivity contribution in [3.05, 3.63) is 40.0 Å². The van der Waals surface area contributed by atoms with Gasteiger partial charge in [0.15, 0.2) is 5.96 Å². The number of nitrogens with zero attached hydrogens (tertiary/aromatic N) is 4. The highest BCUT2D eigenvalue weighted by atomic mass is 32.1.